The Balaban J connectivity index is 0. The van der Waals surface area contributed by atoms with Gasteiger partial charge < -0.3 is 15.3 Å². The largest absolute Gasteiger partial charge is 0.397 e. The van der Waals surface area contributed by atoms with E-state index >= 15 is 0 Å². The van der Waals surface area contributed by atoms with Crippen LogP contribution in [0.2, 0.25) is 0 Å². The van der Waals surface area contributed by atoms with E-state index in [0.29, 0.717) is 0 Å². The molecule has 2 atom stereocenters. The lowest BCUT2D eigenvalue weighted by Crippen LogP contribution is -2.17. The Kier molecular flexibility index (Phi) is 10.2. The Hall–Kier alpha value is -0.120. The Labute approximate surface area is 56.0 Å². The minimum absolute atomic E-state index is 0.250. The summed E-state index contributed by atoms with van der Waals surface area (Å²) in [4.78, 5) is 0. The van der Waals surface area contributed by atoms with Gasteiger partial charge in [0.2, 0.25) is 0 Å². The van der Waals surface area contributed by atoms with E-state index < -0.39 is 12.2 Å². The van der Waals surface area contributed by atoms with Crippen molar-refractivity contribution >= 4 is 0 Å². The third-order valence-electron chi connectivity index (χ3n) is 0.698. The lowest BCUT2D eigenvalue weighted by atomic mass is 10.3. The van der Waals surface area contributed by atoms with Crippen LogP contribution < -0.4 is 0 Å². The highest BCUT2D eigenvalue weighted by molar-refractivity contribution is 4.50. The average Bonchev–Trinajstić information content (AvgIpc) is 1.68. The summed E-state index contributed by atoms with van der Waals surface area (Å²) in [5.74, 6) is 0. The molecule has 0 fully saturated rings. The first-order chi connectivity index (χ1) is 4.06. The average molecular weight is 136 g/mol. The van der Waals surface area contributed by atoms with Crippen LogP contribution in [0.3, 0.4) is 0 Å². The van der Waals surface area contributed by atoms with Crippen LogP contribution in [0.15, 0.2) is 0 Å². The highest BCUT2D eigenvalue weighted by atomic mass is 16.3. The van der Waals surface area contributed by atoms with Gasteiger partial charge in [-0.3, -0.25) is 0 Å². The lowest BCUT2D eigenvalue weighted by molar-refractivity contribution is 0.0438. The van der Waals surface area contributed by atoms with Crippen molar-refractivity contribution < 1.29 is 15.3 Å². The molecule has 0 aromatic rings. The van der Waals surface area contributed by atoms with Gasteiger partial charge >= 0.3 is 0 Å². The molecule has 0 spiro atoms. The van der Waals surface area contributed by atoms with Gasteiger partial charge in [-0.25, -0.2) is 0 Å². The fourth-order valence-electron chi connectivity index (χ4n) is 0. The summed E-state index contributed by atoms with van der Waals surface area (Å²) in [6.07, 6.45) is -1.19. The second-order valence-electron chi connectivity index (χ2n) is 1.80. The van der Waals surface area contributed by atoms with Gasteiger partial charge in [-0.05, 0) is 20.8 Å². The fourth-order valence-corrected chi connectivity index (χ4v) is 0. The molecular formula is C6H16O3. The van der Waals surface area contributed by atoms with E-state index in [0.717, 1.165) is 0 Å². The summed E-state index contributed by atoms with van der Waals surface area (Å²) >= 11 is 0. The van der Waals surface area contributed by atoms with Crippen molar-refractivity contribution in [3.63, 3.8) is 0 Å². The van der Waals surface area contributed by atoms with Gasteiger partial charge in [0.05, 0.1) is 12.2 Å². The monoisotopic (exact) mass is 136 g/mol. The van der Waals surface area contributed by atoms with E-state index in [1.807, 2.05) is 0 Å². The minimum Gasteiger partial charge on any atom is -0.397 e. The smallest absolute Gasteiger partial charge is 0.0768 e. The highest BCUT2D eigenvalue weighted by Gasteiger charge is 1.99. The van der Waals surface area contributed by atoms with Crippen LogP contribution in [0.5, 0.6) is 0 Å². The Morgan fingerprint density at radius 3 is 1.22 bits per heavy atom. The summed E-state index contributed by atoms with van der Waals surface area (Å²) in [6.45, 7) is 5.02. The molecule has 0 aliphatic rings. The Bertz CT molecular complexity index is 37.6. The number of hydrogen-bond donors (Lipinski definition) is 3. The normalized spacial score (nSPS) is 15.3. The van der Waals surface area contributed by atoms with Gasteiger partial charge in [-0.15, -0.1) is 0 Å². The third kappa shape index (κ3) is 18.1. The van der Waals surface area contributed by atoms with Gasteiger partial charge in [0.25, 0.3) is 0 Å². The lowest BCUT2D eigenvalue weighted by Gasteiger charge is -2.03. The van der Waals surface area contributed by atoms with Crippen LogP contribution in [0.4, 0.5) is 0 Å². The molecule has 0 heterocycles. The zero-order valence-corrected chi connectivity index (χ0v) is 6.20. The van der Waals surface area contributed by atoms with Crippen LogP contribution in [0.1, 0.15) is 20.8 Å². The summed E-state index contributed by atoms with van der Waals surface area (Å²) in [6, 6.07) is 0. The van der Waals surface area contributed by atoms with E-state index in [4.69, 9.17) is 15.3 Å². The van der Waals surface area contributed by atoms with Crippen LogP contribution in [0, 0.1) is 0 Å². The molecule has 0 rings (SSSR count). The van der Waals surface area contributed by atoms with E-state index in [9.17, 15) is 0 Å². The van der Waals surface area contributed by atoms with Crippen molar-refractivity contribution in [1.82, 2.24) is 0 Å². The second-order valence-corrected chi connectivity index (χ2v) is 1.80. The molecule has 0 aliphatic heterocycles. The number of rotatable bonds is 1. The SMILES string of the molecule is CC(O)C(C)O.CCO. The summed E-state index contributed by atoms with van der Waals surface area (Å²) in [5.41, 5.74) is 0. The highest BCUT2D eigenvalue weighted by Crippen LogP contribution is 1.85. The molecule has 0 amide bonds. The van der Waals surface area contributed by atoms with Crippen molar-refractivity contribution in [3.05, 3.63) is 0 Å². The molecule has 3 N–H and O–H groups in total. The zero-order chi connectivity index (χ0) is 7.86. The molecule has 9 heavy (non-hydrogen) atoms. The van der Waals surface area contributed by atoms with Gasteiger partial charge in [0.1, 0.15) is 0 Å². The molecule has 0 saturated heterocycles. The van der Waals surface area contributed by atoms with Crippen molar-refractivity contribution in [3.8, 4) is 0 Å². The maximum absolute atomic E-state index is 8.38. The van der Waals surface area contributed by atoms with Crippen LogP contribution in [-0.2, 0) is 0 Å². The Morgan fingerprint density at radius 2 is 1.22 bits per heavy atom. The predicted octanol–water partition coefficient (Wildman–Crippen LogP) is -0.253. The van der Waals surface area contributed by atoms with Crippen molar-refractivity contribution in [2.75, 3.05) is 6.61 Å². The molecule has 3 heteroatoms. The molecule has 0 bridgehead atoms. The minimum atomic E-state index is -0.593. The maximum Gasteiger partial charge on any atom is 0.0768 e. The van der Waals surface area contributed by atoms with E-state index in [1.165, 1.54) is 0 Å². The first kappa shape index (κ1) is 11.6. The summed E-state index contributed by atoms with van der Waals surface area (Å²) < 4.78 is 0. The molecule has 0 aromatic carbocycles. The van der Waals surface area contributed by atoms with E-state index in [2.05, 4.69) is 0 Å². The molecule has 0 radical (unpaired) electrons. The number of aliphatic hydroxyl groups is 3. The molecule has 0 aromatic heterocycles. The standard InChI is InChI=1S/C4H10O2.C2H6O/c1-3(5)4(2)6;1-2-3/h3-6H,1-2H3;3H,2H2,1H3. The van der Waals surface area contributed by atoms with Gasteiger partial charge in [-0.1, -0.05) is 0 Å². The topological polar surface area (TPSA) is 60.7 Å². The van der Waals surface area contributed by atoms with Crippen LogP contribution in [-0.4, -0.2) is 34.1 Å². The number of hydrogen-bond acceptors (Lipinski definition) is 3. The van der Waals surface area contributed by atoms with Crippen molar-refractivity contribution in [2.24, 2.45) is 0 Å². The molecule has 0 saturated carbocycles. The first-order valence-corrected chi connectivity index (χ1v) is 3.03. The molecule has 2 unspecified atom stereocenters. The summed E-state index contributed by atoms with van der Waals surface area (Å²) in [7, 11) is 0. The van der Waals surface area contributed by atoms with Gasteiger partial charge in [0, 0.05) is 6.61 Å². The summed E-state index contributed by atoms with van der Waals surface area (Å²) in [5, 5.41) is 24.3. The van der Waals surface area contributed by atoms with E-state index in [-0.39, 0.29) is 6.61 Å². The molecular weight excluding hydrogens is 120 g/mol. The van der Waals surface area contributed by atoms with Gasteiger partial charge in [0.15, 0.2) is 0 Å². The van der Waals surface area contributed by atoms with Crippen LogP contribution in [0.25, 0.3) is 0 Å². The van der Waals surface area contributed by atoms with Crippen molar-refractivity contribution in [2.45, 2.75) is 33.0 Å². The fraction of sp³-hybridized carbons (Fsp3) is 1.00. The molecule has 0 aliphatic carbocycles. The van der Waals surface area contributed by atoms with Gasteiger partial charge in [-0.2, -0.15) is 0 Å². The Morgan fingerprint density at radius 1 is 1.11 bits per heavy atom. The quantitative estimate of drug-likeness (QED) is 0.465. The zero-order valence-electron chi connectivity index (χ0n) is 6.20. The molecule has 3 nitrogen and oxygen atoms in total. The van der Waals surface area contributed by atoms with E-state index in [1.54, 1.807) is 20.8 Å². The predicted molar refractivity (Wildman–Crippen MR) is 36.1 cm³/mol. The first-order valence-electron chi connectivity index (χ1n) is 3.03. The third-order valence-corrected chi connectivity index (χ3v) is 0.698. The maximum atomic E-state index is 8.38. The van der Waals surface area contributed by atoms with Crippen molar-refractivity contribution in [1.29, 1.82) is 0 Å². The number of aliphatic hydroxyl groups excluding tert-OH is 3. The molecule has 58 valence electrons. The second kappa shape index (κ2) is 7.88. The van der Waals surface area contributed by atoms with Crippen LogP contribution >= 0.6 is 0 Å².